The maximum atomic E-state index is 13.9. The molecule has 0 radical (unpaired) electrons. The molecule has 11 heteroatoms. The number of carbonyl (C=O) groups is 1. The molecule has 0 saturated heterocycles. The average Bonchev–Trinajstić information content (AvgIpc) is 2.55. The van der Waals surface area contributed by atoms with Gasteiger partial charge in [0.25, 0.3) is 11.6 Å². The number of non-ortho nitro benzene ring substituents is 1. The molecule has 0 unspecified atom stereocenters. The Hall–Kier alpha value is -2.88. The topological polar surface area (TPSA) is 81.5 Å². The minimum absolute atomic E-state index is 0.200. The number of nitro benzene ring substituents is 1. The first-order valence-corrected chi connectivity index (χ1v) is 6.72. The van der Waals surface area contributed by atoms with Gasteiger partial charge in [-0.1, -0.05) is 11.6 Å². The number of hydrogen-bond donors (Lipinski definition) is 1. The maximum absolute atomic E-state index is 13.9. The van der Waals surface area contributed by atoms with Gasteiger partial charge < -0.3 is 10.1 Å². The van der Waals surface area contributed by atoms with E-state index in [9.17, 15) is 32.5 Å². The molecule has 0 spiro atoms. The van der Waals surface area contributed by atoms with Gasteiger partial charge in [0.2, 0.25) is 11.6 Å². The van der Waals surface area contributed by atoms with Gasteiger partial charge in [0.1, 0.15) is 5.56 Å². The highest BCUT2D eigenvalue weighted by Crippen LogP contribution is 2.31. The summed E-state index contributed by atoms with van der Waals surface area (Å²) in [6, 6.07) is 2.88. The van der Waals surface area contributed by atoms with E-state index in [1.165, 1.54) is 0 Å². The molecule has 0 heterocycles. The van der Waals surface area contributed by atoms with Crippen molar-refractivity contribution in [2.45, 2.75) is 0 Å². The number of carbonyl (C=O) groups excluding carboxylic acids is 1. The fourth-order valence-electron chi connectivity index (χ4n) is 1.90. The first-order chi connectivity index (χ1) is 11.7. The Bertz CT molecular complexity index is 863. The molecule has 6 nitrogen and oxygen atoms in total. The number of methoxy groups -OCH3 is 1. The predicted octanol–water partition coefficient (Wildman–Crippen LogP) is 4.07. The zero-order valence-corrected chi connectivity index (χ0v) is 13.0. The van der Waals surface area contributed by atoms with E-state index in [1.54, 1.807) is 0 Å². The van der Waals surface area contributed by atoms with Gasteiger partial charge >= 0.3 is 0 Å². The Morgan fingerprint density at radius 2 is 1.72 bits per heavy atom. The Kier molecular flexibility index (Phi) is 5.12. The third kappa shape index (κ3) is 3.33. The number of ether oxygens (including phenoxy) is 1. The largest absolute Gasteiger partial charge is 0.491 e. The van der Waals surface area contributed by atoms with Crippen molar-refractivity contribution in [3.8, 4) is 5.75 Å². The summed E-state index contributed by atoms with van der Waals surface area (Å²) < 4.78 is 59.3. The molecule has 1 amide bonds. The van der Waals surface area contributed by atoms with Crippen LogP contribution < -0.4 is 10.1 Å². The van der Waals surface area contributed by atoms with Gasteiger partial charge in [-0.2, -0.15) is 8.78 Å². The summed E-state index contributed by atoms with van der Waals surface area (Å²) in [5.74, 6) is -10.7. The van der Waals surface area contributed by atoms with E-state index in [0.29, 0.717) is 0 Å². The fraction of sp³-hybridized carbons (Fsp3) is 0.0714. The van der Waals surface area contributed by atoms with Crippen LogP contribution in [-0.4, -0.2) is 17.9 Å². The lowest BCUT2D eigenvalue weighted by atomic mass is 10.1. The molecule has 0 fully saturated rings. The average molecular weight is 379 g/mol. The zero-order valence-electron chi connectivity index (χ0n) is 12.2. The number of nitrogens with zero attached hydrogens (tertiary/aromatic N) is 1. The van der Waals surface area contributed by atoms with Gasteiger partial charge in [-0.25, -0.2) is 8.78 Å². The third-order valence-corrected chi connectivity index (χ3v) is 3.39. The van der Waals surface area contributed by atoms with Crippen molar-refractivity contribution in [2.75, 3.05) is 12.4 Å². The third-order valence-electron chi connectivity index (χ3n) is 3.06. The number of anilines is 1. The minimum Gasteiger partial charge on any atom is -0.491 e. The maximum Gasteiger partial charge on any atom is 0.271 e. The fourth-order valence-corrected chi connectivity index (χ4v) is 2.06. The molecular weight excluding hydrogens is 372 g/mol. The van der Waals surface area contributed by atoms with E-state index in [-0.39, 0.29) is 10.7 Å². The first-order valence-electron chi connectivity index (χ1n) is 6.34. The van der Waals surface area contributed by atoms with Crippen molar-refractivity contribution in [1.29, 1.82) is 0 Å². The molecule has 0 saturated carbocycles. The van der Waals surface area contributed by atoms with Crippen LogP contribution in [0.25, 0.3) is 0 Å². The van der Waals surface area contributed by atoms with Crippen LogP contribution in [0.1, 0.15) is 10.4 Å². The van der Waals surface area contributed by atoms with Gasteiger partial charge in [-0.3, -0.25) is 14.9 Å². The number of hydrogen-bond acceptors (Lipinski definition) is 4. The number of amides is 1. The molecule has 2 aromatic rings. The minimum atomic E-state index is -1.99. The van der Waals surface area contributed by atoms with E-state index < -0.39 is 51.1 Å². The van der Waals surface area contributed by atoms with Gasteiger partial charge in [-0.15, -0.1) is 0 Å². The van der Waals surface area contributed by atoms with Crippen molar-refractivity contribution in [2.24, 2.45) is 0 Å². The van der Waals surface area contributed by atoms with Gasteiger partial charge in [0, 0.05) is 12.1 Å². The number of nitrogens with one attached hydrogen (secondary N) is 1. The van der Waals surface area contributed by atoms with Crippen LogP contribution >= 0.6 is 11.6 Å². The van der Waals surface area contributed by atoms with Crippen LogP contribution in [0.3, 0.4) is 0 Å². The molecule has 2 rings (SSSR count). The molecule has 0 bridgehead atoms. The molecule has 0 atom stereocenters. The quantitative estimate of drug-likeness (QED) is 0.376. The van der Waals surface area contributed by atoms with Crippen LogP contribution in [0, 0.1) is 33.4 Å². The Morgan fingerprint density at radius 1 is 1.16 bits per heavy atom. The van der Waals surface area contributed by atoms with Crippen LogP contribution in [0.2, 0.25) is 5.02 Å². The van der Waals surface area contributed by atoms with Gasteiger partial charge in [0.05, 0.1) is 22.7 Å². The summed E-state index contributed by atoms with van der Waals surface area (Å²) in [5.41, 5.74) is -2.43. The zero-order chi connectivity index (χ0) is 18.9. The molecule has 1 N–H and O–H groups in total. The number of nitro groups is 1. The Morgan fingerprint density at radius 3 is 2.20 bits per heavy atom. The predicted molar refractivity (Wildman–Crippen MR) is 78.9 cm³/mol. The summed E-state index contributed by atoms with van der Waals surface area (Å²) in [5, 5.41) is 12.4. The van der Waals surface area contributed by atoms with Crippen molar-refractivity contribution < 1.29 is 32.0 Å². The van der Waals surface area contributed by atoms with E-state index in [4.69, 9.17) is 11.6 Å². The van der Waals surface area contributed by atoms with Crippen LogP contribution in [0.15, 0.2) is 18.2 Å². The van der Waals surface area contributed by atoms with Crippen LogP contribution in [0.4, 0.5) is 28.9 Å². The van der Waals surface area contributed by atoms with E-state index in [0.717, 1.165) is 25.3 Å². The molecule has 0 aromatic heterocycles. The van der Waals surface area contributed by atoms with Crippen LogP contribution in [0.5, 0.6) is 5.75 Å². The van der Waals surface area contributed by atoms with Gasteiger partial charge in [-0.05, 0) is 6.07 Å². The summed E-state index contributed by atoms with van der Waals surface area (Å²) in [6.45, 7) is 0. The van der Waals surface area contributed by atoms with Crippen molar-refractivity contribution in [1.82, 2.24) is 0 Å². The van der Waals surface area contributed by atoms with E-state index in [2.05, 4.69) is 4.74 Å². The first kappa shape index (κ1) is 18.5. The van der Waals surface area contributed by atoms with Crippen molar-refractivity contribution in [3.05, 3.63) is 62.2 Å². The van der Waals surface area contributed by atoms with Crippen molar-refractivity contribution in [3.63, 3.8) is 0 Å². The second-order valence-electron chi connectivity index (χ2n) is 4.54. The van der Waals surface area contributed by atoms with E-state index in [1.807, 2.05) is 5.32 Å². The molecule has 0 aliphatic carbocycles. The monoisotopic (exact) mass is 378 g/mol. The standard InChI is InChI=1S/C14H7ClF4N2O4/c1-25-13-11(18)9(16)8(10(17)12(13)19)14(22)20-7-4-5(21(23)24)2-3-6(7)15/h2-4H,1H3,(H,20,22). The summed E-state index contributed by atoms with van der Waals surface area (Å²) in [6.07, 6.45) is 0. The highest BCUT2D eigenvalue weighted by Gasteiger charge is 2.30. The lowest BCUT2D eigenvalue weighted by molar-refractivity contribution is -0.384. The SMILES string of the molecule is COc1c(F)c(F)c(C(=O)Nc2cc([N+](=O)[O-])ccc2Cl)c(F)c1F. The summed E-state index contributed by atoms with van der Waals surface area (Å²) >= 11 is 5.73. The smallest absolute Gasteiger partial charge is 0.271 e. The molecule has 0 aliphatic rings. The normalized spacial score (nSPS) is 10.5. The Labute approximate surface area is 142 Å². The van der Waals surface area contributed by atoms with Crippen LogP contribution in [-0.2, 0) is 0 Å². The molecule has 25 heavy (non-hydrogen) atoms. The number of benzene rings is 2. The lowest BCUT2D eigenvalue weighted by Crippen LogP contribution is -2.19. The number of rotatable bonds is 4. The van der Waals surface area contributed by atoms with E-state index >= 15 is 0 Å². The highest BCUT2D eigenvalue weighted by molar-refractivity contribution is 6.34. The number of halogens is 5. The highest BCUT2D eigenvalue weighted by atomic mass is 35.5. The second-order valence-corrected chi connectivity index (χ2v) is 4.95. The molecule has 0 aliphatic heterocycles. The van der Waals surface area contributed by atoms with Gasteiger partial charge in [0.15, 0.2) is 17.4 Å². The summed E-state index contributed by atoms with van der Waals surface area (Å²) in [7, 11) is 0.781. The van der Waals surface area contributed by atoms with Crippen molar-refractivity contribution >= 4 is 28.9 Å². The molecule has 132 valence electrons. The second kappa shape index (κ2) is 6.93. The molecular formula is C14H7ClF4N2O4. The summed E-state index contributed by atoms with van der Waals surface area (Å²) in [4.78, 5) is 21.9. The molecule has 2 aromatic carbocycles. The lowest BCUT2D eigenvalue weighted by Gasteiger charge is -2.12. The Balaban J connectivity index is 2.50.